The van der Waals surface area contributed by atoms with Gasteiger partial charge in [0.15, 0.2) is 0 Å². The Hall–Kier alpha value is -0.650. The summed E-state index contributed by atoms with van der Waals surface area (Å²) in [7, 11) is 0. The van der Waals surface area contributed by atoms with Crippen LogP contribution in [-0.2, 0) is 9.53 Å². The third kappa shape index (κ3) is 2.93. The summed E-state index contributed by atoms with van der Waals surface area (Å²) in [6.45, 7) is 8.56. The Bertz CT molecular complexity index is 241. The molecular weight excluding hydrogens is 206 g/mol. The van der Waals surface area contributed by atoms with Crippen LogP contribution < -0.4 is 5.32 Å². The first kappa shape index (κ1) is 11.8. The lowest BCUT2D eigenvalue weighted by Gasteiger charge is -2.35. The van der Waals surface area contributed by atoms with Crippen LogP contribution in [0.4, 0.5) is 0 Å². The predicted molar refractivity (Wildman–Crippen MR) is 61.3 cm³/mol. The van der Waals surface area contributed by atoms with Crippen LogP contribution in [0.3, 0.4) is 0 Å². The molecule has 0 aromatic carbocycles. The van der Waals surface area contributed by atoms with Crippen molar-refractivity contribution in [3.05, 3.63) is 0 Å². The average Bonchev–Trinajstić information content (AvgIpc) is 2.33. The summed E-state index contributed by atoms with van der Waals surface area (Å²) in [5, 5.41) is 3.25. The highest BCUT2D eigenvalue weighted by molar-refractivity contribution is 5.78. The van der Waals surface area contributed by atoms with Crippen LogP contribution in [0.25, 0.3) is 0 Å². The van der Waals surface area contributed by atoms with Gasteiger partial charge in [-0.25, -0.2) is 0 Å². The summed E-state index contributed by atoms with van der Waals surface area (Å²) >= 11 is 0. The molecule has 16 heavy (non-hydrogen) atoms. The van der Waals surface area contributed by atoms with Gasteiger partial charge in [-0.2, -0.15) is 0 Å². The molecule has 2 aliphatic rings. The second kappa shape index (κ2) is 5.61. The maximum Gasteiger partial charge on any atom is 0.236 e. The zero-order valence-corrected chi connectivity index (χ0v) is 9.95. The first-order valence-corrected chi connectivity index (χ1v) is 6.07. The number of piperazine rings is 1. The summed E-state index contributed by atoms with van der Waals surface area (Å²) in [6.07, 6.45) is 0. The largest absolute Gasteiger partial charge is 0.379 e. The summed E-state index contributed by atoms with van der Waals surface area (Å²) in [4.78, 5) is 16.2. The van der Waals surface area contributed by atoms with Gasteiger partial charge in [0.1, 0.15) is 0 Å². The molecule has 0 radical (unpaired) electrons. The lowest BCUT2D eigenvalue weighted by molar-refractivity contribution is -0.135. The van der Waals surface area contributed by atoms with E-state index in [0.717, 1.165) is 45.9 Å². The molecule has 92 valence electrons. The minimum absolute atomic E-state index is 0.259. The van der Waals surface area contributed by atoms with Crippen molar-refractivity contribution in [2.24, 2.45) is 0 Å². The number of ether oxygens (including phenoxy) is 1. The van der Waals surface area contributed by atoms with E-state index in [9.17, 15) is 4.79 Å². The molecule has 0 bridgehead atoms. The minimum atomic E-state index is 0.259. The minimum Gasteiger partial charge on any atom is -0.379 e. The molecule has 2 rings (SSSR count). The number of hydrogen-bond acceptors (Lipinski definition) is 4. The third-order valence-corrected chi connectivity index (χ3v) is 3.31. The summed E-state index contributed by atoms with van der Waals surface area (Å²) < 4.78 is 5.36. The zero-order valence-electron chi connectivity index (χ0n) is 9.95. The van der Waals surface area contributed by atoms with Crippen LogP contribution in [-0.4, -0.2) is 74.2 Å². The molecule has 0 saturated carbocycles. The van der Waals surface area contributed by atoms with Crippen LogP contribution in [0.5, 0.6) is 0 Å². The van der Waals surface area contributed by atoms with E-state index in [1.165, 1.54) is 0 Å². The number of rotatable bonds is 2. The lowest BCUT2D eigenvalue weighted by atomic mass is 10.2. The fourth-order valence-corrected chi connectivity index (χ4v) is 2.18. The van der Waals surface area contributed by atoms with Crippen molar-refractivity contribution in [3.8, 4) is 0 Å². The van der Waals surface area contributed by atoms with Crippen molar-refractivity contribution in [3.63, 3.8) is 0 Å². The number of morpholine rings is 1. The molecule has 1 amide bonds. The van der Waals surface area contributed by atoms with Gasteiger partial charge >= 0.3 is 0 Å². The highest BCUT2D eigenvalue weighted by Gasteiger charge is 2.24. The fraction of sp³-hybridized carbons (Fsp3) is 0.909. The van der Waals surface area contributed by atoms with Crippen molar-refractivity contribution >= 4 is 5.91 Å². The number of nitrogens with one attached hydrogen (secondary N) is 1. The van der Waals surface area contributed by atoms with Gasteiger partial charge in [0.2, 0.25) is 5.91 Å². The van der Waals surface area contributed by atoms with E-state index in [0.29, 0.717) is 12.6 Å². The first-order chi connectivity index (χ1) is 7.77. The molecule has 0 aromatic rings. The highest BCUT2D eigenvalue weighted by Crippen LogP contribution is 2.06. The van der Waals surface area contributed by atoms with Crippen molar-refractivity contribution in [1.29, 1.82) is 0 Å². The molecule has 0 aliphatic carbocycles. The van der Waals surface area contributed by atoms with Crippen LogP contribution in [0.2, 0.25) is 0 Å². The summed E-state index contributed by atoms with van der Waals surface area (Å²) in [6, 6.07) is 0.362. The SMILES string of the molecule is CC1COCCN1CC(=O)N1CCNCC1. The van der Waals surface area contributed by atoms with Gasteiger partial charge in [0.05, 0.1) is 19.8 Å². The van der Waals surface area contributed by atoms with Gasteiger partial charge in [0, 0.05) is 38.8 Å². The van der Waals surface area contributed by atoms with Gasteiger partial charge in [-0.1, -0.05) is 0 Å². The maximum absolute atomic E-state index is 12.0. The summed E-state index contributed by atoms with van der Waals surface area (Å²) in [5.41, 5.74) is 0. The molecule has 2 saturated heterocycles. The average molecular weight is 227 g/mol. The van der Waals surface area contributed by atoms with E-state index < -0.39 is 0 Å². The quantitative estimate of drug-likeness (QED) is 0.667. The molecule has 2 heterocycles. The Morgan fingerprint density at radius 2 is 2.12 bits per heavy atom. The number of carbonyl (C=O) groups excluding carboxylic acids is 1. The Labute approximate surface area is 96.7 Å². The molecule has 1 atom stereocenters. The maximum atomic E-state index is 12.0. The molecule has 0 aromatic heterocycles. The smallest absolute Gasteiger partial charge is 0.236 e. The number of amides is 1. The van der Waals surface area contributed by atoms with Gasteiger partial charge < -0.3 is 15.0 Å². The van der Waals surface area contributed by atoms with Gasteiger partial charge in [-0.15, -0.1) is 0 Å². The van der Waals surface area contributed by atoms with E-state index in [2.05, 4.69) is 17.1 Å². The van der Waals surface area contributed by atoms with Crippen LogP contribution in [0.15, 0.2) is 0 Å². The predicted octanol–water partition coefficient (Wildman–Crippen LogP) is -0.861. The van der Waals surface area contributed by atoms with Crippen molar-refractivity contribution in [2.45, 2.75) is 13.0 Å². The molecule has 5 nitrogen and oxygen atoms in total. The lowest BCUT2D eigenvalue weighted by Crippen LogP contribution is -2.52. The van der Waals surface area contributed by atoms with E-state index in [-0.39, 0.29) is 5.91 Å². The van der Waals surface area contributed by atoms with Crippen LogP contribution >= 0.6 is 0 Å². The third-order valence-electron chi connectivity index (χ3n) is 3.31. The number of hydrogen-bond donors (Lipinski definition) is 1. The van der Waals surface area contributed by atoms with Crippen LogP contribution in [0.1, 0.15) is 6.92 Å². The second-order valence-corrected chi connectivity index (χ2v) is 4.53. The highest BCUT2D eigenvalue weighted by atomic mass is 16.5. The number of carbonyl (C=O) groups is 1. The Balaban J connectivity index is 1.80. The van der Waals surface area contributed by atoms with Gasteiger partial charge in [0.25, 0.3) is 0 Å². The van der Waals surface area contributed by atoms with Crippen molar-refractivity contribution in [2.75, 3.05) is 52.5 Å². The molecule has 1 N–H and O–H groups in total. The normalized spacial score (nSPS) is 28.1. The molecule has 2 aliphatic heterocycles. The molecule has 0 spiro atoms. The van der Waals surface area contributed by atoms with Crippen molar-refractivity contribution < 1.29 is 9.53 Å². The van der Waals surface area contributed by atoms with Crippen molar-refractivity contribution in [1.82, 2.24) is 15.1 Å². The van der Waals surface area contributed by atoms with Gasteiger partial charge in [-0.05, 0) is 6.92 Å². The molecule has 2 fully saturated rings. The molecule has 1 unspecified atom stereocenters. The van der Waals surface area contributed by atoms with E-state index in [4.69, 9.17) is 4.74 Å². The van der Waals surface area contributed by atoms with E-state index in [1.54, 1.807) is 0 Å². The Morgan fingerprint density at radius 3 is 2.81 bits per heavy atom. The second-order valence-electron chi connectivity index (χ2n) is 4.53. The summed E-state index contributed by atoms with van der Waals surface area (Å²) in [5.74, 6) is 0.259. The monoisotopic (exact) mass is 227 g/mol. The fourth-order valence-electron chi connectivity index (χ4n) is 2.18. The topological polar surface area (TPSA) is 44.8 Å². The molecular formula is C11H21N3O2. The first-order valence-electron chi connectivity index (χ1n) is 6.07. The number of nitrogens with zero attached hydrogens (tertiary/aromatic N) is 2. The van der Waals surface area contributed by atoms with E-state index >= 15 is 0 Å². The van der Waals surface area contributed by atoms with E-state index in [1.807, 2.05) is 4.90 Å². The van der Waals surface area contributed by atoms with Crippen LogP contribution in [0, 0.1) is 0 Å². The van der Waals surface area contributed by atoms with Gasteiger partial charge in [-0.3, -0.25) is 9.69 Å². The standard InChI is InChI=1S/C11H21N3O2/c1-10-9-16-7-6-14(10)8-11(15)13-4-2-12-3-5-13/h10,12H,2-9H2,1H3. The molecule has 5 heteroatoms. The Kier molecular flexibility index (Phi) is 4.15. The zero-order chi connectivity index (χ0) is 11.4. The Morgan fingerprint density at radius 1 is 1.38 bits per heavy atom.